The van der Waals surface area contributed by atoms with Crippen molar-refractivity contribution in [3.05, 3.63) is 16.9 Å². The quantitative estimate of drug-likeness (QED) is 0.806. The van der Waals surface area contributed by atoms with Crippen molar-refractivity contribution in [3.63, 3.8) is 0 Å². The molecule has 1 saturated carbocycles. The molecule has 0 aromatic carbocycles. The van der Waals surface area contributed by atoms with E-state index in [0.29, 0.717) is 12.1 Å². The van der Waals surface area contributed by atoms with Crippen LogP contribution in [-0.4, -0.2) is 16.3 Å². The highest BCUT2D eigenvalue weighted by molar-refractivity contribution is 6.31. The van der Waals surface area contributed by atoms with E-state index in [1.807, 2.05) is 0 Å². The average Bonchev–Trinajstić information content (AvgIpc) is 2.69. The van der Waals surface area contributed by atoms with Gasteiger partial charge in [-0.25, -0.2) is 0 Å². The smallest absolute Gasteiger partial charge is 0.0834 e. The lowest BCUT2D eigenvalue weighted by Gasteiger charge is -2.31. The third-order valence-electron chi connectivity index (χ3n) is 4.04. The summed E-state index contributed by atoms with van der Waals surface area (Å²) >= 11 is 6.38. The van der Waals surface area contributed by atoms with Crippen molar-refractivity contribution >= 4 is 11.6 Å². The summed E-state index contributed by atoms with van der Waals surface area (Å²) in [5.74, 6) is 0.862. The first-order chi connectivity index (χ1) is 9.13. The molecule has 0 aliphatic heterocycles. The molecule has 108 valence electrons. The number of hydrogen-bond acceptors (Lipinski definition) is 2. The number of aromatic nitrogens is 2. The van der Waals surface area contributed by atoms with E-state index < -0.39 is 0 Å². The zero-order valence-electron chi connectivity index (χ0n) is 12.3. The monoisotopic (exact) mass is 283 g/mol. The zero-order chi connectivity index (χ0) is 13.8. The molecule has 1 N–H and O–H groups in total. The highest BCUT2D eigenvalue weighted by Crippen LogP contribution is 2.37. The van der Waals surface area contributed by atoms with E-state index in [0.717, 1.165) is 23.9 Å². The summed E-state index contributed by atoms with van der Waals surface area (Å²) in [5.41, 5.74) is 1.18. The Hall–Kier alpha value is -0.540. The molecule has 0 radical (unpaired) electrons. The standard InChI is InChI=1S/C15H26ClN3/c1-4-8-17-14(9-12-6-5-7-12)15-13(16)10-18-19(15)11(2)3/h10-12,14,17H,4-9H2,1-3H3. The van der Waals surface area contributed by atoms with Crippen LogP contribution in [0.25, 0.3) is 0 Å². The maximum Gasteiger partial charge on any atom is 0.0834 e. The molecule has 0 bridgehead atoms. The van der Waals surface area contributed by atoms with E-state index in [1.165, 1.54) is 31.4 Å². The first kappa shape index (κ1) is 14.9. The van der Waals surface area contributed by atoms with Crippen LogP contribution in [0.4, 0.5) is 0 Å². The van der Waals surface area contributed by atoms with Crippen molar-refractivity contribution < 1.29 is 0 Å². The number of nitrogens with one attached hydrogen (secondary N) is 1. The third-order valence-corrected chi connectivity index (χ3v) is 4.33. The summed E-state index contributed by atoms with van der Waals surface area (Å²) in [6.07, 6.45) is 8.27. The maximum atomic E-state index is 6.38. The molecule has 0 spiro atoms. The molecule has 2 rings (SSSR count). The van der Waals surface area contributed by atoms with Crippen molar-refractivity contribution in [2.45, 2.75) is 65.0 Å². The lowest BCUT2D eigenvalue weighted by atomic mass is 9.80. The van der Waals surface area contributed by atoms with E-state index in [9.17, 15) is 0 Å². The summed E-state index contributed by atoms with van der Waals surface area (Å²) in [5, 5.41) is 8.91. The summed E-state index contributed by atoms with van der Waals surface area (Å²) in [4.78, 5) is 0. The van der Waals surface area contributed by atoms with Crippen molar-refractivity contribution in [2.75, 3.05) is 6.54 Å². The molecule has 1 fully saturated rings. The van der Waals surface area contributed by atoms with Crippen molar-refractivity contribution in [1.29, 1.82) is 0 Å². The molecule has 3 nitrogen and oxygen atoms in total. The molecule has 1 unspecified atom stereocenters. The Morgan fingerprint density at radius 2 is 2.21 bits per heavy atom. The molecule has 1 heterocycles. The van der Waals surface area contributed by atoms with Gasteiger partial charge in [0.15, 0.2) is 0 Å². The van der Waals surface area contributed by atoms with Crippen LogP contribution in [0.1, 0.15) is 70.7 Å². The van der Waals surface area contributed by atoms with E-state index in [2.05, 4.69) is 35.9 Å². The molecule has 4 heteroatoms. The fourth-order valence-corrected chi connectivity index (χ4v) is 3.02. The molecule has 1 aliphatic rings. The van der Waals surface area contributed by atoms with Gasteiger partial charge in [0, 0.05) is 6.04 Å². The van der Waals surface area contributed by atoms with Crippen LogP contribution in [0.2, 0.25) is 5.02 Å². The van der Waals surface area contributed by atoms with Crippen molar-refractivity contribution in [2.24, 2.45) is 5.92 Å². The van der Waals surface area contributed by atoms with E-state index in [4.69, 9.17) is 11.6 Å². The van der Waals surface area contributed by atoms with Gasteiger partial charge in [0.25, 0.3) is 0 Å². The number of rotatable bonds is 7. The molecule has 0 saturated heterocycles. The van der Waals surface area contributed by atoms with Crippen LogP contribution < -0.4 is 5.32 Å². The average molecular weight is 284 g/mol. The van der Waals surface area contributed by atoms with Crippen LogP contribution in [0.3, 0.4) is 0 Å². The van der Waals surface area contributed by atoms with Crippen LogP contribution in [0.15, 0.2) is 6.20 Å². The number of nitrogens with zero attached hydrogens (tertiary/aromatic N) is 2. The largest absolute Gasteiger partial charge is 0.309 e. The second-order valence-electron chi connectivity index (χ2n) is 5.96. The highest BCUT2D eigenvalue weighted by Gasteiger charge is 2.27. The Morgan fingerprint density at radius 3 is 2.74 bits per heavy atom. The van der Waals surface area contributed by atoms with Crippen molar-refractivity contribution in [1.82, 2.24) is 15.1 Å². The SMILES string of the molecule is CCCNC(CC1CCC1)c1c(Cl)cnn1C(C)C. The van der Waals surface area contributed by atoms with Gasteiger partial charge >= 0.3 is 0 Å². The molecular weight excluding hydrogens is 258 g/mol. The number of halogens is 1. The van der Waals surface area contributed by atoms with Gasteiger partial charge in [-0.3, -0.25) is 4.68 Å². The Bertz CT molecular complexity index is 396. The minimum atomic E-state index is 0.350. The van der Waals surface area contributed by atoms with Crippen LogP contribution in [0, 0.1) is 5.92 Å². The zero-order valence-corrected chi connectivity index (χ0v) is 13.1. The third kappa shape index (κ3) is 3.51. The topological polar surface area (TPSA) is 29.9 Å². The van der Waals surface area contributed by atoms with Gasteiger partial charge in [0.2, 0.25) is 0 Å². The predicted octanol–water partition coefficient (Wildman–Crippen LogP) is 4.35. The summed E-state index contributed by atoms with van der Waals surface area (Å²) in [7, 11) is 0. The fraction of sp³-hybridized carbons (Fsp3) is 0.800. The summed E-state index contributed by atoms with van der Waals surface area (Å²) < 4.78 is 2.08. The second-order valence-corrected chi connectivity index (χ2v) is 6.36. The molecule has 1 aromatic rings. The minimum absolute atomic E-state index is 0.350. The molecule has 0 amide bonds. The lowest BCUT2D eigenvalue weighted by Crippen LogP contribution is -2.29. The molecule has 1 aromatic heterocycles. The fourth-order valence-electron chi connectivity index (χ4n) is 2.76. The normalized spacial score (nSPS) is 17.7. The lowest BCUT2D eigenvalue weighted by molar-refractivity contribution is 0.254. The van der Waals surface area contributed by atoms with Crippen LogP contribution in [0.5, 0.6) is 0 Å². The molecule has 19 heavy (non-hydrogen) atoms. The second kappa shape index (κ2) is 6.76. The summed E-state index contributed by atoms with van der Waals surface area (Å²) in [6, 6.07) is 0.706. The Kier molecular flexibility index (Phi) is 5.28. The first-order valence-corrected chi connectivity index (χ1v) is 7.97. The minimum Gasteiger partial charge on any atom is -0.309 e. The van der Waals surface area contributed by atoms with Crippen LogP contribution >= 0.6 is 11.6 Å². The molecule has 1 aliphatic carbocycles. The molecular formula is C15H26ClN3. The van der Waals surface area contributed by atoms with E-state index >= 15 is 0 Å². The first-order valence-electron chi connectivity index (χ1n) is 7.59. The van der Waals surface area contributed by atoms with Gasteiger partial charge in [-0.1, -0.05) is 37.8 Å². The highest BCUT2D eigenvalue weighted by atomic mass is 35.5. The molecule has 1 atom stereocenters. The number of hydrogen-bond donors (Lipinski definition) is 1. The van der Waals surface area contributed by atoms with Gasteiger partial charge in [-0.2, -0.15) is 5.10 Å². The van der Waals surface area contributed by atoms with Gasteiger partial charge in [0.05, 0.1) is 23.0 Å². The Labute approximate surface area is 121 Å². The van der Waals surface area contributed by atoms with Gasteiger partial charge in [-0.15, -0.1) is 0 Å². The van der Waals surface area contributed by atoms with Gasteiger partial charge < -0.3 is 5.32 Å². The maximum absolute atomic E-state index is 6.38. The van der Waals surface area contributed by atoms with Gasteiger partial charge in [-0.05, 0) is 39.2 Å². The van der Waals surface area contributed by atoms with Crippen molar-refractivity contribution in [3.8, 4) is 0 Å². The van der Waals surface area contributed by atoms with Gasteiger partial charge in [0.1, 0.15) is 0 Å². The van der Waals surface area contributed by atoms with Crippen LogP contribution in [-0.2, 0) is 0 Å². The Balaban J connectivity index is 2.17. The van der Waals surface area contributed by atoms with E-state index in [-0.39, 0.29) is 0 Å². The summed E-state index contributed by atoms with van der Waals surface area (Å²) in [6.45, 7) is 7.56. The predicted molar refractivity (Wildman–Crippen MR) is 80.6 cm³/mol. The van der Waals surface area contributed by atoms with E-state index in [1.54, 1.807) is 6.20 Å². The Morgan fingerprint density at radius 1 is 1.47 bits per heavy atom.